The summed E-state index contributed by atoms with van der Waals surface area (Å²) in [6.45, 7) is 6.68. The molecule has 0 bridgehead atoms. The van der Waals surface area contributed by atoms with E-state index in [0.717, 1.165) is 25.1 Å². The number of piperidine rings is 1. The number of carbonyl (C=O) groups is 1. The van der Waals surface area contributed by atoms with Crippen molar-refractivity contribution in [3.8, 4) is 0 Å². The maximum atomic E-state index is 11.7. The maximum Gasteiger partial charge on any atom is 0.412 e. The first-order valence-electron chi connectivity index (χ1n) is 6.58. The first-order chi connectivity index (χ1) is 8.44. The number of fused-ring (bicyclic) bond motifs is 1. The van der Waals surface area contributed by atoms with Crippen LogP contribution in [0.1, 0.15) is 40.0 Å². The maximum absolute atomic E-state index is 11.7. The van der Waals surface area contributed by atoms with Gasteiger partial charge in [0.25, 0.3) is 0 Å². The third-order valence-corrected chi connectivity index (χ3v) is 3.04. The van der Waals surface area contributed by atoms with Crippen molar-refractivity contribution in [1.29, 1.82) is 0 Å². The van der Waals surface area contributed by atoms with E-state index in [-0.39, 0.29) is 6.09 Å². The van der Waals surface area contributed by atoms with Gasteiger partial charge in [0, 0.05) is 11.7 Å². The molecule has 1 amide bonds. The van der Waals surface area contributed by atoms with Crippen molar-refractivity contribution in [3.63, 3.8) is 0 Å². The molecule has 2 aliphatic rings. The first kappa shape index (κ1) is 13.1. The van der Waals surface area contributed by atoms with Crippen LogP contribution in [0.4, 0.5) is 4.79 Å². The Morgan fingerprint density at radius 2 is 2.28 bits per heavy atom. The number of hydrogen-bond acceptors (Lipinski definition) is 3. The van der Waals surface area contributed by atoms with Crippen LogP contribution < -0.4 is 10.6 Å². The lowest BCUT2D eigenvalue weighted by Gasteiger charge is -2.29. The zero-order valence-electron chi connectivity index (χ0n) is 11.4. The summed E-state index contributed by atoms with van der Waals surface area (Å²) in [5.41, 5.74) is 1.79. The van der Waals surface area contributed by atoms with Gasteiger partial charge in [-0.05, 0) is 52.7 Å². The van der Waals surface area contributed by atoms with E-state index in [2.05, 4.69) is 22.8 Å². The lowest BCUT2D eigenvalue weighted by molar-refractivity contribution is 0.0547. The summed E-state index contributed by atoms with van der Waals surface area (Å²) in [6, 6.07) is 0.461. The molecule has 0 aromatic heterocycles. The molecule has 4 heteroatoms. The SMILES string of the molecule is CC(C)(C)OC(=O)NC1=CCC2NCCCC2=C1. The smallest absolute Gasteiger partial charge is 0.412 e. The standard InChI is InChI=1S/C14H22N2O2/c1-14(2,3)18-13(17)16-11-6-7-12-10(9-11)5-4-8-15-12/h6,9,12,15H,4-5,7-8H2,1-3H3,(H,16,17). The van der Waals surface area contributed by atoms with Gasteiger partial charge in [-0.15, -0.1) is 0 Å². The average Bonchev–Trinajstić information content (AvgIpc) is 2.26. The van der Waals surface area contributed by atoms with E-state index in [1.807, 2.05) is 20.8 Å². The number of allylic oxidation sites excluding steroid dienone is 1. The molecule has 18 heavy (non-hydrogen) atoms. The zero-order chi connectivity index (χ0) is 13.2. The van der Waals surface area contributed by atoms with Gasteiger partial charge in [-0.3, -0.25) is 5.32 Å². The van der Waals surface area contributed by atoms with E-state index in [1.165, 1.54) is 12.0 Å². The summed E-state index contributed by atoms with van der Waals surface area (Å²) in [5.74, 6) is 0. The minimum Gasteiger partial charge on any atom is -0.444 e. The second-order valence-corrected chi connectivity index (χ2v) is 5.85. The van der Waals surface area contributed by atoms with Crippen LogP contribution in [0.3, 0.4) is 0 Å². The molecule has 1 saturated heterocycles. The molecule has 1 atom stereocenters. The highest BCUT2D eigenvalue weighted by Gasteiger charge is 2.22. The minimum atomic E-state index is -0.457. The Labute approximate surface area is 108 Å². The summed E-state index contributed by atoms with van der Waals surface area (Å²) in [6.07, 6.45) is 6.97. The van der Waals surface area contributed by atoms with Gasteiger partial charge in [-0.2, -0.15) is 0 Å². The minimum absolute atomic E-state index is 0.382. The molecular formula is C14H22N2O2. The quantitative estimate of drug-likeness (QED) is 0.751. The number of nitrogens with one attached hydrogen (secondary N) is 2. The van der Waals surface area contributed by atoms with Crippen LogP contribution in [0.5, 0.6) is 0 Å². The fraction of sp³-hybridized carbons (Fsp3) is 0.643. The van der Waals surface area contributed by atoms with Crippen LogP contribution in [0.2, 0.25) is 0 Å². The van der Waals surface area contributed by atoms with Crippen molar-refractivity contribution in [2.45, 2.75) is 51.7 Å². The molecule has 2 rings (SSSR count). The van der Waals surface area contributed by atoms with Gasteiger partial charge in [0.05, 0.1) is 0 Å². The molecule has 4 nitrogen and oxygen atoms in total. The van der Waals surface area contributed by atoms with Crippen molar-refractivity contribution in [2.24, 2.45) is 0 Å². The molecule has 1 aliphatic carbocycles. The van der Waals surface area contributed by atoms with Gasteiger partial charge >= 0.3 is 6.09 Å². The monoisotopic (exact) mass is 250 g/mol. The van der Waals surface area contributed by atoms with Gasteiger partial charge in [0.15, 0.2) is 0 Å². The predicted molar refractivity (Wildman–Crippen MR) is 71.2 cm³/mol. The first-order valence-corrected chi connectivity index (χ1v) is 6.58. The summed E-state index contributed by atoms with van der Waals surface area (Å²) < 4.78 is 5.24. The number of alkyl carbamates (subject to hydrolysis) is 1. The second kappa shape index (κ2) is 5.14. The molecule has 1 fully saturated rings. The third kappa shape index (κ3) is 3.60. The van der Waals surface area contributed by atoms with Crippen molar-refractivity contribution >= 4 is 6.09 Å². The van der Waals surface area contributed by atoms with Gasteiger partial charge in [0.2, 0.25) is 0 Å². The van der Waals surface area contributed by atoms with E-state index in [9.17, 15) is 4.79 Å². The lowest BCUT2D eigenvalue weighted by atomic mass is 9.90. The van der Waals surface area contributed by atoms with Crippen LogP contribution in [0.25, 0.3) is 0 Å². The van der Waals surface area contributed by atoms with Crippen LogP contribution >= 0.6 is 0 Å². The number of amides is 1. The van der Waals surface area contributed by atoms with Gasteiger partial charge < -0.3 is 10.1 Å². The summed E-state index contributed by atoms with van der Waals surface area (Å²) in [4.78, 5) is 11.7. The Morgan fingerprint density at radius 3 is 3.00 bits per heavy atom. The molecule has 100 valence electrons. The molecule has 0 aromatic carbocycles. The normalized spacial score (nSPS) is 23.6. The third-order valence-electron chi connectivity index (χ3n) is 3.04. The summed E-state index contributed by atoms with van der Waals surface area (Å²) >= 11 is 0. The van der Waals surface area contributed by atoms with Crippen LogP contribution in [0, 0.1) is 0 Å². The molecule has 1 aliphatic heterocycles. The highest BCUT2D eigenvalue weighted by molar-refractivity contribution is 5.71. The topological polar surface area (TPSA) is 50.4 Å². The molecule has 0 spiro atoms. The summed E-state index contributed by atoms with van der Waals surface area (Å²) in [5, 5.41) is 6.28. The van der Waals surface area contributed by atoms with E-state index >= 15 is 0 Å². The van der Waals surface area contributed by atoms with Crippen LogP contribution in [0.15, 0.2) is 23.4 Å². The average molecular weight is 250 g/mol. The number of rotatable bonds is 1. The Bertz CT molecular complexity index is 391. The fourth-order valence-corrected chi connectivity index (χ4v) is 2.29. The fourth-order valence-electron chi connectivity index (χ4n) is 2.29. The van der Waals surface area contributed by atoms with Crippen molar-refractivity contribution < 1.29 is 9.53 Å². The molecule has 2 N–H and O–H groups in total. The highest BCUT2D eigenvalue weighted by atomic mass is 16.6. The van der Waals surface area contributed by atoms with Gasteiger partial charge in [-0.25, -0.2) is 4.79 Å². The molecule has 0 saturated carbocycles. The molecule has 1 unspecified atom stereocenters. The van der Waals surface area contributed by atoms with Crippen LogP contribution in [-0.4, -0.2) is 24.3 Å². The largest absolute Gasteiger partial charge is 0.444 e. The van der Waals surface area contributed by atoms with E-state index in [1.54, 1.807) is 0 Å². The van der Waals surface area contributed by atoms with Crippen molar-refractivity contribution in [2.75, 3.05) is 6.54 Å². The number of carbonyl (C=O) groups excluding carboxylic acids is 1. The van der Waals surface area contributed by atoms with E-state index in [0.29, 0.717) is 6.04 Å². The molecular weight excluding hydrogens is 228 g/mol. The van der Waals surface area contributed by atoms with Gasteiger partial charge in [0.1, 0.15) is 5.60 Å². The number of ether oxygens (including phenoxy) is 1. The Hall–Kier alpha value is -1.29. The van der Waals surface area contributed by atoms with E-state index in [4.69, 9.17) is 4.74 Å². The van der Waals surface area contributed by atoms with Crippen LogP contribution in [-0.2, 0) is 4.74 Å². The molecule has 0 radical (unpaired) electrons. The molecule has 0 aromatic rings. The highest BCUT2D eigenvalue weighted by Crippen LogP contribution is 2.24. The Balaban J connectivity index is 1.93. The second-order valence-electron chi connectivity index (χ2n) is 5.85. The zero-order valence-corrected chi connectivity index (χ0v) is 11.4. The molecule has 1 heterocycles. The Morgan fingerprint density at radius 1 is 1.50 bits per heavy atom. The lowest BCUT2D eigenvalue weighted by Crippen LogP contribution is -2.38. The van der Waals surface area contributed by atoms with Gasteiger partial charge in [-0.1, -0.05) is 11.6 Å². The summed E-state index contributed by atoms with van der Waals surface area (Å²) in [7, 11) is 0. The Kier molecular flexibility index (Phi) is 3.76. The van der Waals surface area contributed by atoms with Crippen molar-refractivity contribution in [3.05, 3.63) is 23.4 Å². The number of hydrogen-bond donors (Lipinski definition) is 2. The van der Waals surface area contributed by atoms with E-state index < -0.39 is 5.60 Å². The predicted octanol–water partition coefficient (Wildman–Crippen LogP) is 2.48. The van der Waals surface area contributed by atoms with Crippen molar-refractivity contribution in [1.82, 2.24) is 10.6 Å².